The molecule has 1 atom stereocenters. The number of hydrogen-bond donors (Lipinski definition) is 1. The summed E-state index contributed by atoms with van der Waals surface area (Å²) in [6, 6.07) is 6.06. The molecule has 1 N–H and O–H groups in total. The molecule has 0 saturated carbocycles. The van der Waals surface area contributed by atoms with Gasteiger partial charge in [-0.1, -0.05) is 6.07 Å². The van der Waals surface area contributed by atoms with Crippen molar-refractivity contribution in [3.8, 4) is 0 Å². The second kappa shape index (κ2) is 6.35. The monoisotopic (exact) mass is 347 g/mol. The van der Waals surface area contributed by atoms with Gasteiger partial charge in [0.1, 0.15) is 0 Å². The number of nitrogens with zero attached hydrogens (tertiary/aromatic N) is 4. The Balaban J connectivity index is 1.79. The molecule has 1 aliphatic heterocycles. The van der Waals surface area contributed by atoms with E-state index in [1.54, 1.807) is 11.1 Å². The lowest BCUT2D eigenvalue weighted by atomic mass is 10.1. The Bertz CT molecular complexity index is 833. The van der Waals surface area contributed by atoms with Crippen LogP contribution in [0.15, 0.2) is 24.4 Å². The molecule has 2 heterocycles. The summed E-state index contributed by atoms with van der Waals surface area (Å²) < 4.78 is 23.3. The number of benzene rings is 1. The molecular weight excluding hydrogens is 326 g/mol. The standard InChI is InChI=1S/C16H21N5O2S/c1-11-6-12(2)8-13(7-11)18-15-9-17-20-16(19-15)21(3)14-4-5-24(22,23)10-14/h6-9,14H,4-5,10H2,1-3H3,(H,18,19,20). The number of anilines is 3. The molecule has 0 amide bonds. The number of hydrogen-bond acceptors (Lipinski definition) is 7. The van der Waals surface area contributed by atoms with E-state index in [1.807, 2.05) is 33.0 Å². The maximum Gasteiger partial charge on any atom is 0.247 e. The van der Waals surface area contributed by atoms with E-state index in [4.69, 9.17) is 0 Å². The highest BCUT2D eigenvalue weighted by Gasteiger charge is 2.31. The van der Waals surface area contributed by atoms with Gasteiger partial charge in [-0.2, -0.15) is 10.1 Å². The fourth-order valence-electron chi connectivity index (χ4n) is 2.94. The van der Waals surface area contributed by atoms with E-state index in [2.05, 4.69) is 26.6 Å². The van der Waals surface area contributed by atoms with Gasteiger partial charge in [0.25, 0.3) is 0 Å². The highest BCUT2D eigenvalue weighted by molar-refractivity contribution is 7.91. The molecule has 1 fully saturated rings. The van der Waals surface area contributed by atoms with Gasteiger partial charge in [-0.3, -0.25) is 0 Å². The van der Waals surface area contributed by atoms with Crippen molar-refractivity contribution in [2.24, 2.45) is 0 Å². The molecule has 1 unspecified atom stereocenters. The fraction of sp³-hybridized carbons (Fsp3) is 0.438. The fourth-order valence-corrected chi connectivity index (χ4v) is 4.72. The van der Waals surface area contributed by atoms with Gasteiger partial charge in [0, 0.05) is 18.8 Å². The van der Waals surface area contributed by atoms with Crippen LogP contribution in [0, 0.1) is 13.8 Å². The van der Waals surface area contributed by atoms with E-state index in [0.717, 1.165) is 16.8 Å². The minimum Gasteiger partial charge on any atom is -0.339 e. The maximum atomic E-state index is 11.7. The zero-order chi connectivity index (χ0) is 17.3. The average molecular weight is 347 g/mol. The third-order valence-electron chi connectivity index (χ3n) is 4.11. The van der Waals surface area contributed by atoms with Crippen LogP contribution < -0.4 is 10.2 Å². The first-order valence-electron chi connectivity index (χ1n) is 7.81. The zero-order valence-electron chi connectivity index (χ0n) is 14.0. The van der Waals surface area contributed by atoms with Crippen LogP contribution >= 0.6 is 0 Å². The molecule has 128 valence electrons. The molecule has 3 rings (SSSR count). The Morgan fingerprint density at radius 3 is 2.54 bits per heavy atom. The van der Waals surface area contributed by atoms with Crippen LogP contribution in [-0.4, -0.2) is 48.2 Å². The molecule has 24 heavy (non-hydrogen) atoms. The lowest BCUT2D eigenvalue weighted by Gasteiger charge is -2.23. The molecule has 1 saturated heterocycles. The van der Waals surface area contributed by atoms with E-state index in [9.17, 15) is 8.42 Å². The summed E-state index contributed by atoms with van der Waals surface area (Å²) in [5.74, 6) is 1.36. The van der Waals surface area contributed by atoms with Crippen molar-refractivity contribution in [1.29, 1.82) is 0 Å². The summed E-state index contributed by atoms with van der Waals surface area (Å²) in [7, 11) is -1.14. The van der Waals surface area contributed by atoms with Crippen LogP contribution in [0.1, 0.15) is 17.5 Å². The predicted octanol–water partition coefficient (Wildman–Crippen LogP) is 1.86. The van der Waals surface area contributed by atoms with Gasteiger partial charge in [0.15, 0.2) is 15.7 Å². The SMILES string of the molecule is Cc1cc(C)cc(Nc2cnnc(N(C)C3CCS(=O)(=O)C3)n2)c1. The molecule has 1 aliphatic rings. The van der Waals surface area contributed by atoms with Crippen LogP contribution in [0.5, 0.6) is 0 Å². The van der Waals surface area contributed by atoms with Crippen molar-refractivity contribution < 1.29 is 8.42 Å². The molecule has 1 aromatic carbocycles. The quantitative estimate of drug-likeness (QED) is 0.903. The average Bonchev–Trinajstić information content (AvgIpc) is 2.86. The topological polar surface area (TPSA) is 88.1 Å². The second-order valence-corrected chi connectivity index (χ2v) is 8.54. The minimum absolute atomic E-state index is 0.103. The van der Waals surface area contributed by atoms with Crippen LogP contribution in [-0.2, 0) is 9.84 Å². The van der Waals surface area contributed by atoms with Gasteiger partial charge in [-0.25, -0.2) is 8.42 Å². The Morgan fingerprint density at radius 2 is 1.92 bits per heavy atom. The van der Waals surface area contributed by atoms with E-state index in [-0.39, 0.29) is 17.5 Å². The lowest BCUT2D eigenvalue weighted by molar-refractivity contribution is 0.600. The van der Waals surface area contributed by atoms with E-state index < -0.39 is 9.84 Å². The summed E-state index contributed by atoms with van der Waals surface area (Å²) in [6.07, 6.45) is 2.15. The molecule has 1 aromatic heterocycles. The number of nitrogens with one attached hydrogen (secondary N) is 1. The van der Waals surface area contributed by atoms with Crippen molar-refractivity contribution in [2.45, 2.75) is 26.3 Å². The second-order valence-electron chi connectivity index (χ2n) is 6.31. The largest absolute Gasteiger partial charge is 0.339 e. The molecule has 0 spiro atoms. The smallest absolute Gasteiger partial charge is 0.247 e. The molecule has 0 aliphatic carbocycles. The van der Waals surface area contributed by atoms with E-state index >= 15 is 0 Å². The lowest BCUT2D eigenvalue weighted by Crippen LogP contribution is -2.34. The van der Waals surface area contributed by atoms with Gasteiger partial charge < -0.3 is 10.2 Å². The summed E-state index contributed by atoms with van der Waals surface area (Å²) in [5.41, 5.74) is 3.26. The van der Waals surface area contributed by atoms with Gasteiger partial charge in [-0.05, 0) is 43.5 Å². The van der Waals surface area contributed by atoms with Crippen LogP contribution in [0.25, 0.3) is 0 Å². The third-order valence-corrected chi connectivity index (χ3v) is 5.86. The summed E-state index contributed by atoms with van der Waals surface area (Å²) >= 11 is 0. The minimum atomic E-state index is -2.95. The molecule has 2 aromatic rings. The predicted molar refractivity (Wildman–Crippen MR) is 94.5 cm³/mol. The number of sulfone groups is 1. The number of rotatable bonds is 4. The third kappa shape index (κ3) is 3.81. The highest BCUT2D eigenvalue weighted by atomic mass is 32.2. The molecule has 7 nitrogen and oxygen atoms in total. The van der Waals surface area contributed by atoms with Crippen LogP contribution in [0.4, 0.5) is 17.5 Å². The first-order valence-corrected chi connectivity index (χ1v) is 9.63. The van der Waals surface area contributed by atoms with E-state index in [0.29, 0.717) is 18.2 Å². The van der Waals surface area contributed by atoms with Crippen molar-refractivity contribution >= 4 is 27.3 Å². The van der Waals surface area contributed by atoms with Crippen molar-refractivity contribution in [3.63, 3.8) is 0 Å². The Hall–Kier alpha value is -2.22. The number of aromatic nitrogens is 3. The van der Waals surface area contributed by atoms with Gasteiger partial charge in [-0.15, -0.1) is 5.10 Å². The summed E-state index contributed by atoms with van der Waals surface area (Å²) in [4.78, 5) is 6.26. The molecule has 8 heteroatoms. The first-order chi connectivity index (χ1) is 11.3. The van der Waals surface area contributed by atoms with Gasteiger partial charge in [0.2, 0.25) is 5.95 Å². The van der Waals surface area contributed by atoms with Gasteiger partial charge in [0.05, 0.1) is 17.7 Å². The first kappa shape index (κ1) is 16.6. The van der Waals surface area contributed by atoms with Crippen molar-refractivity contribution in [3.05, 3.63) is 35.5 Å². The summed E-state index contributed by atoms with van der Waals surface area (Å²) in [6.45, 7) is 4.08. The molecule has 0 bridgehead atoms. The Labute approximate surface area is 142 Å². The maximum absolute atomic E-state index is 11.7. The molecular formula is C16H21N5O2S. The van der Waals surface area contributed by atoms with Crippen LogP contribution in [0.3, 0.4) is 0 Å². The zero-order valence-corrected chi connectivity index (χ0v) is 14.8. The van der Waals surface area contributed by atoms with Crippen LogP contribution in [0.2, 0.25) is 0 Å². The summed E-state index contributed by atoms with van der Waals surface area (Å²) in [5, 5.41) is 11.3. The highest BCUT2D eigenvalue weighted by Crippen LogP contribution is 2.22. The normalized spacial score (nSPS) is 19.2. The van der Waals surface area contributed by atoms with Crippen molar-refractivity contribution in [1.82, 2.24) is 15.2 Å². The number of aryl methyl sites for hydroxylation is 2. The Kier molecular flexibility index (Phi) is 4.40. The Morgan fingerprint density at radius 1 is 1.21 bits per heavy atom. The van der Waals surface area contributed by atoms with Gasteiger partial charge >= 0.3 is 0 Å². The van der Waals surface area contributed by atoms with E-state index in [1.165, 1.54) is 0 Å². The van der Waals surface area contributed by atoms with Crippen molar-refractivity contribution in [2.75, 3.05) is 28.8 Å². The molecule has 0 radical (unpaired) electrons.